The molecule has 3 rings (SSSR count). The van der Waals surface area contributed by atoms with E-state index in [1.165, 1.54) is 0 Å². The highest BCUT2D eigenvalue weighted by Crippen LogP contribution is 2.16. The van der Waals surface area contributed by atoms with Gasteiger partial charge < -0.3 is 5.32 Å². The maximum absolute atomic E-state index is 4.68. The first-order valence-electron chi connectivity index (χ1n) is 6.98. The second-order valence-corrected chi connectivity index (χ2v) is 4.78. The number of fused-ring (bicyclic) bond motifs is 1. The van der Waals surface area contributed by atoms with E-state index in [9.17, 15) is 0 Å². The smallest absolute Gasteiger partial charge is 0.154 e. The average molecular weight is 266 g/mol. The third-order valence-electron chi connectivity index (χ3n) is 3.22. The van der Waals surface area contributed by atoms with Crippen molar-refractivity contribution in [3.05, 3.63) is 54.4 Å². The molecule has 4 nitrogen and oxygen atoms in total. The van der Waals surface area contributed by atoms with Crippen LogP contribution in [0.25, 0.3) is 16.7 Å². The molecule has 0 saturated carbocycles. The Morgan fingerprint density at radius 1 is 1.10 bits per heavy atom. The van der Waals surface area contributed by atoms with Gasteiger partial charge in [-0.05, 0) is 31.2 Å². The molecule has 3 aromatic rings. The number of pyridine rings is 1. The Bertz CT molecular complexity index is 702. The van der Waals surface area contributed by atoms with Gasteiger partial charge in [0, 0.05) is 11.9 Å². The molecular weight excluding hydrogens is 248 g/mol. The Morgan fingerprint density at radius 2 is 2.00 bits per heavy atom. The van der Waals surface area contributed by atoms with Crippen LogP contribution in [0.5, 0.6) is 0 Å². The molecule has 4 heteroatoms. The van der Waals surface area contributed by atoms with Crippen LogP contribution in [0.15, 0.2) is 48.7 Å². The molecule has 102 valence electrons. The van der Waals surface area contributed by atoms with Crippen molar-refractivity contribution in [2.45, 2.75) is 19.9 Å². The van der Waals surface area contributed by atoms with Crippen LogP contribution in [0.1, 0.15) is 19.0 Å². The van der Waals surface area contributed by atoms with E-state index >= 15 is 0 Å². The van der Waals surface area contributed by atoms with Gasteiger partial charge >= 0.3 is 0 Å². The standard InChI is InChI=1S/C16H18N4/c1-2-10-17-12-14-7-5-9-16(19-14)20-15-8-4-3-6-13(15)11-18-20/h3-9,11,17H,2,10,12H2,1H3. The molecule has 2 aromatic heterocycles. The molecule has 0 radical (unpaired) electrons. The molecule has 2 heterocycles. The molecule has 1 N–H and O–H groups in total. The highest BCUT2D eigenvalue weighted by Gasteiger charge is 2.05. The van der Waals surface area contributed by atoms with Gasteiger partial charge in [0.25, 0.3) is 0 Å². The SMILES string of the molecule is CCCNCc1cccc(-n2ncc3ccccc32)n1. The van der Waals surface area contributed by atoms with Crippen molar-refractivity contribution in [1.82, 2.24) is 20.1 Å². The number of hydrogen-bond acceptors (Lipinski definition) is 3. The topological polar surface area (TPSA) is 42.7 Å². The minimum Gasteiger partial charge on any atom is -0.311 e. The maximum Gasteiger partial charge on any atom is 0.154 e. The summed E-state index contributed by atoms with van der Waals surface area (Å²) in [5, 5.41) is 8.93. The summed E-state index contributed by atoms with van der Waals surface area (Å²) < 4.78 is 1.89. The van der Waals surface area contributed by atoms with Crippen LogP contribution in [0.4, 0.5) is 0 Å². The summed E-state index contributed by atoms with van der Waals surface area (Å²) in [7, 11) is 0. The van der Waals surface area contributed by atoms with Crippen molar-refractivity contribution >= 4 is 10.9 Å². The Morgan fingerprint density at radius 3 is 2.90 bits per heavy atom. The van der Waals surface area contributed by atoms with Crippen LogP contribution in [-0.2, 0) is 6.54 Å². The molecule has 1 aromatic carbocycles. The van der Waals surface area contributed by atoms with Crippen LogP contribution < -0.4 is 5.32 Å². The summed E-state index contributed by atoms with van der Waals surface area (Å²) in [4.78, 5) is 4.68. The number of rotatable bonds is 5. The number of hydrogen-bond donors (Lipinski definition) is 1. The Balaban J connectivity index is 1.92. The van der Waals surface area contributed by atoms with Crippen molar-refractivity contribution in [1.29, 1.82) is 0 Å². The Kier molecular flexibility index (Phi) is 3.74. The highest BCUT2D eigenvalue weighted by molar-refractivity contribution is 5.79. The zero-order chi connectivity index (χ0) is 13.8. The first-order chi connectivity index (χ1) is 9.88. The van der Waals surface area contributed by atoms with Gasteiger partial charge in [0.1, 0.15) is 0 Å². The van der Waals surface area contributed by atoms with E-state index in [1.54, 1.807) is 0 Å². The first kappa shape index (κ1) is 12.8. The van der Waals surface area contributed by atoms with E-state index in [-0.39, 0.29) is 0 Å². The third kappa shape index (κ3) is 2.56. The van der Waals surface area contributed by atoms with E-state index in [0.29, 0.717) is 0 Å². The average Bonchev–Trinajstić information content (AvgIpc) is 2.92. The molecule has 0 saturated heterocycles. The Hall–Kier alpha value is -2.20. The van der Waals surface area contributed by atoms with E-state index in [2.05, 4.69) is 34.5 Å². The van der Waals surface area contributed by atoms with E-state index in [1.807, 2.05) is 41.2 Å². The maximum atomic E-state index is 4.68. The molecular formula is C16H18N4. The van der Waals surface area contributed by atoms with Crippen molar-refractivity contribution in [2.75, 3.05) is 6.54 Å². The summed E-state index contributed by atoms with van der Waals surface area (Å²) in [6.45, 7) is 3.96. The summed E-state index contributed by atoms with van der Waals surface area (Å²) in [5.41, 5.74) is 2.12. The lowest BCUT2D eigenvalue weighted by Crippen LogP contribution is -2.15. The molecule has 0 amide bonds. The van der Waals surface area contributed by atoms with Gasteiger partial charge in [0.15, 0.2) is 5.82 Å². The quantitative estimate of drug-likeness (QED) is 0.722. The van der Waals surface area contributed by atoms with Crippen molar-refractivity contribution in [2.24, 2.45) is 0 Å². The minimum atomic E-state index is 0.793. The van der Waals surface area contributed by atoms with E-state index < -0.39 is 0 Å². The largest absolute Gasteiger partial charge is 0.311 e. The van der Waals surface area contributed by atoms with Crippen molar-refractivity contribution in [3.63, 3.8) is 0 Å². The van der Waals surface area contributed by atoms with Crippen molar-refractivity contribution < 1.29 is 0 Å². The number of nitrogens with zero attached hydrogens (tertiary/aromatic N) is 3. The van der Waals surface area contributed by atoms with Crippen molar-refractivity contribution in [3.8, 4) is 5.82 Å². The normalized spacial score (nSPS) is 11.1. The fourth-order valence-corrected chi connectivity index (χ4v) is 2.23. The lowest BCUT2D eigenvalue weighted by Gasteiger charge is -2.06. The second kappa shape index (κ2) is 5.84. The lowest BCUT2D eigenvalue weighted by molar-refractivity contribution is 0.662. The molecule has 20 heavy (non-hydrogen) atoms. The number of benzene rings is 1. The van der Waals surface area contributed by atoms with Gasteiger partial charge in [-0.1, -0.05) is 31.2 Å². The molecule has 0 spiro atoms. The molecule has 0 bridgehead atoms. The number of para-hydroxylation sites is 1. The van der Waals surface area contributed by atoms with Crippen LogP contribution >= 0.6 is 0 Å². The minimum absolute atomic E-state index is 0.793. The predicted molar refractivity (Wildman–Crippen MR) is 80.9 cm³/mol. The molecule has 0 aliphatic carbocycles. The predicted octanol–water partition coefficient (Wildman–Crippen LogP) is 2.92. The fourth-order valence-electron chi connectivity index (χ4n) is 2.23. The monoisotopic (exact) mass is 266 g/mol. The summed E-state index contributed by atoms with van der Waals surface area (Å²) in [6, 6.07) is 14.2. The molecule has 0 aliphatic heterocycles. The second-order valence-electron chi connectivity index (χ2n) is 4.78. The lowest BCUT2D eigenvalue weighted by atomic mass is 10.2. The van der Waals surface area contributed by atoms with Crippen LogP contribution in [0, 0.1) is 0 Å². The molecule has 0 aliphatic rings. The van der Waals surface area contributed by atoms with Gasteiger partial charge in [-0.25, -0.2) is 9.67 Å². The summed E-state index contributed by atoms with van der Waals surface area (Å²) in [6.07, 6.45) is 3.00. The number of nitrogens with one attached hydrogen (secondary N) is 1. The van der Waals surface area contributed by atoms with Gasteiger partial charge in [0.2, 0.25) is 0 Å². The third-order valence-corrected chi connectivity index (χ3v) is 3.22. The molecule has 0 unspecified atom stereocenters. The zero-order valence-corrected chi connectivity index (χ0v) is 11.6. The summed E-state index contributed by atoms with van der Waals surface area (Å²) in [5.74, 6) is 0.863. The zero-order valence-electron chi connectivity index (χ0n) is 11.6. The first-order valence-corrected chi connectivity index (χ1v) is 6.98. The van der Waals surface area contributed by atoms with Gasteiger partial charge in [0.05, 0.1) is 17.4 Å². The highest BCUT2D eigenvalue weighted by atomic mass is 15.3. The summed E-state index contributed by atoms with van der Waals surface area (Å²) >= 11 is 0. The van der Waals surface area contributed by atoms with Gasteiger partial charge in [-0.2, -0.15) is 5.10 Å². The Labute approximate surface area is 118 Å². The van der Waals surface area contributed by atoms with Crippen LogP contribution in [-0.4, -0.2) is 21.3 Å². The van der Waals surface area contributed by atoms with Gasteiger partial charge in [-0.15, -0.1) is 0 Å². The van der Waals surface area contributed by atoms with Crippen LogP contribution in [0.3, 0.4) is 0 Å². The van der Waals surface area contributed by atoms with Gasteiger partial charge in [-0.3, -0.25) is 0 Å². The van der Waals surface area contributed by atoms with E-state index in [4.69, 9.17) is 0 Å². The van der Waals surface area contributed by atoms with Crippen LogP contribution in [0.2, 0.25) is 0 Å². The fraction of sp³-hybridized carbons (Fsp3) is 0.250. The molecule has 0 fully saturated rings. The number of aromatic nitrogens is 3. The van der Waals surface area contributed by atoms with E-state index in [0.717, 1.165) is 41.9 Å². The molecule has 0 atom stereocenters.